The van der Waals surface area contributed by atoms with Gasteiger partial charge in [0.2, 0.25) is 11.2 Å². The van der Waals surface area contributed by atoms with Crippen molar-refractivity contribution >= 4 is 22.6 Å². The Bertz CT molecular complexity index is 898. The summed E-state index contributed by atoms with van der Waals surface area (Å²) >= 11 is 0. The second kappa shape index (κ2) is 5.95. The largest absolute Gasteiger partial charge is 0.489 e. The van der Waals surface area contributed by atoms with Crippen molar-refractivity contribution in [3.63, 3.8) is 0 Å². The Morgan fingerprint density at radius 2 is 2.17 bits per heavy atom. The van der Waals surface area contributed by atoms with E-state index in [1.165, 1.54) is 19.4 Å². The first kappa shape index (κ1) is 16.0. The smallest absolute Gasteiger partial charge is 0.343 e. The number of ether oxygens (including phenoxy) is 2. The molecule has 1 aliphatic carbocycles. The molecule has 1 aromatic heterocycles. The monoisotopic (exact) mass is 332 g/mol. The van der Waals surface area contributed by atoms with Gasteiger partial charge in [0.1, 0.15) is 5.56 Å². The van der Waals surface area contributed by atoms with Gasteiger partial charge in [-0.1, -0.05) is 0 Å². The molecule has 1 heterocycles. The number of nitro groups is 1. The van der Waals surface area contributed by atoms with Gasteiger partial charge < -0.3 is 14.5 Å². The number of aromatic nitrogens is 1. The Balaban J connectivity index is 2.33. The summed E-state index contributed by atoms with van der Waals surface area (Å²) in [5, 5.41) is 11.7. The van der Waals surface area contributed by atoms with Gasteiger partial charge in [-0.2, -0.15) is 0 Å². The van der Waals surface area contributed by atoms with E-state index in [9.17, 15) is 19.7 Å². The molecule has 1 saturated carbocycles. The maximum absolute atomic E-state index is 12.6. The molecule has 8 nitrogen and oxygen atoms in total. The van der Waals surface area contributed by atoms with Gasteiger partial charge in [0, 0.05) is 11.8 Å². The molecule has 0 spiro atoms. The van der Waals surface area contributed by atoms with E-state index in [0.717, 1.165) is 12.8 Å². The van der Waals surface area contributed by atoms with Gasteiger partial charge >= 0.3 is 11.7 Å². The molecule has 3 rings (SSSR count). The number of esters is 1. The van der Waals surface area contributed by atoms with E-state index < -0.39 is 16.3 Å². The van der Waals surface area contributed by atoms with Crippen molar-refractivity contribution in [3.8, 4) is 5.75 Å². The highest BCUT2D eigenvalue weighted by Gasteiger charge is 2.35. The lowest BCUT2D eigenvalue weighted by molar-refractivity contribution is -0.386. The van der Waals surface area contributed by atoms with Gasteiger partial charge in [0.25, 0.3) is 0 Å². The lowest BCUT2D eigenvalue weighted by Crippen LogP contribution is -2.18. The zero-order chi connectivity index (χ0) is 17.4. The fourth-order valence-electron chi connectivity index (χ4n) is 2.80. The van der Waals surface area contributed by atoms with E-state index in [-0.39, 0.29) is 40.4 Å². The van der Waals surface area contributed by atoms with Crippen molar-refractivity contribution < 1.29 is 19.2 Å². The standard InChI is InChI=1S/C16H16N2O6/c1-3-24-16(20)11-7-17-12-10(14(11)19)6-9(8-4-5-8)13(18(21)22)15(12)23-2/h6-8H,3-5H2,1-2H3,(H,17,19). The number of pyridine rings is 1. The predicted octanol–water partition coefficient (Wildman–Crippen LogP) is 2.50. The summed E-state index contributed by atoms with van der Waals surface area (Å²) in [6, 6.07) is 1.50. The molecule has 8 heteroatoms. The van der Waals surface area contributed by atoms with Crippen molar-refractivity contribution in [2.24, 2.45) is 0 Å². The summed E-state index contributed by atoms with van der Waals surface area (Å²) in [7, 11) is 1.32. The zero-order valence-electron chi connectivity index (χ0n) is 13.3. The van der Waals surface area contributed by atoms with E-state index >= 15 is 0 Å². The second-order valence-electron chi connectivity index (χ2n) is 5.55. The number of rotatable bonds is 5. The van der Waals surface area contributed by atoms with E-state index in [1.54, 1.807) is 6.92 Å². The van der Waals surface area contributed by atoms with Gasteiger partial charge in [-0.15, -0.1) is 0 Å². The number of aromatic amines is 1. The first-order valence-electron chi connectivity index (χ1n) is 7.57. The molecule has 0 radical (unpaired) electrons. The number of benzene rings is 1. The summed E-state index contributed by atoms with van der Waals surface area (Å²) in [5.41, 5.74) is -0.131. The SMILES string of the molecule is CCOC(=O)c1c[nH]c2c(OC)c([N+](=O)[O-])c(C3CC3)cc2c1=O. The molecule has 1 aliphatic rings. The third kappa shape index (κ3) is 2.49. The molecule has 0 bridgehead atoms. The molecule has 1 aromatic carbocycles. The van der Waals surface area contributed by atoms with Crippen LogP contribution >= 0.6 is 0 Å². The molecule has 0 aliphatic heterocycles. The zero-order valence-corrected chi connectivity index (χ0v) is 13.3. The Morgan fingerprint density at radius 3 is 2.71 bits per heavy atom. The Morgan fingerprint density at radius 1 is 1.46 bits per heavy atom. The highest BCUT2D eigenvalue weighted by molar-refractivity contribution is 5.97. The molecule has 1 N–H and O–H groups in total. The average Bonchev–Trinajstić information content (AvgIpc) is 3.38. The minimum Gasteiger partial charge on any atom is -0.489 e. The lowest BCUT2D eigenvalue weighted by Gasteiger charge is -2.11. The summed E-state index contributed by atoms with van der Waals surface area (Å²) in [5.74, 6) is -0.688. The van der Waals surface area contributed by atoms with Crippen molar-refractivity contribution in [2.75, 3.05) is 13.7 Å². The molecular weight excluding hydrogens is 316 g/mol. The third-order valence-corrected chi connectivity index (χ3v) is 4.03. The third-order valence-electron chi connectivity index (χ3n) is 4.03. The van der Waals surface area contributed by atoms with Crippen LogP contribution in [0.15, 0.2) is 17.1 Å². The van der Waals surface area contributed by atoms with Crippen molar-refractivity contribution in [3.05, 3.63) is 43.7 Å². The Kier molecular flexibility index (Phi) is 3.96. The van der Waals surface area contributed by atoms with Crippen LogP contribution in [-0.2, 0) is 4.74 Å². The number of fused-ring (bicyclic) bond motifs is 1. The van der Waals surface area contributed by atoms with Crippen LogP contribution in [0.3, 0.4) is 0 Å². The second-order valence-corrected chi connectivity index (χ2v) is 5.55. The number of hydrogen-bond donors (Lipinski definition) is 1. The number of hydrogen-bond acceptors (Lipinski definition) is 6. The lowest BCUT2D eigenvalue weighted by atomic mass is 10.0. The summed E-state index contributed by atoms with van der Waals surface area (Å²) in [6.07, 6.45) is 2.85. The van der Waals surface area contributed by atoms with Crippen LogP contribution in [0.4, 0.5) is 5.69 Å². The molecule has 24 heavy (non-hydrogen) atoms. The van der Waals surface area contributed by atoms with E-state index in [0.29, 0.717) is 5.56 Å². The molecule has 0 saturated heterocycles. The summed E-state index contributed by atoms with van der Waals surface area (Å²) < 4.78 is 10.1. The number of H-pyrrole nitrogens is 1. The van der Waals surface area contributed by atoms with E-state index in [1.807, 2.05) is 0 Å². The van der Waals surface area contributed by atoms with Crippen LogP contribution in [0.25, 0.3) is 10.9 Å². The number of nitrogens with zero attached hydrogens (tertiary/aromatic N) is 1. The minimum absolute atomic E-state index is 0.00640. The molecule has 0 atom stereocenters. The Hall–Kier alpha value is -2.90. The fourth-order valence-corrected chi connectivity index (χ4v) is 2.80. The topological polar surface area (TPSA) is 112 Å². The number of nitro benzene ring substituents is 1. The maximum Gasteiger partial charge on any atom is 0.343 e. The van der Waals surface area contributed by atoms with Gasteiger partial charge in [-0.25, -0.2) is 4.79 Å². The Labute approximate surface area is 136 Å². The fraction of sp³-hybridized carbons (Fsp3) is 0.375. The average molecular weight is 332 g/mol. The first-order chi connectivity index (χ1) is 11.5. The summed E-state index contributed by atoms with van der Waals surface area (Å²) in [6.45, 7) is 1.79. The predicted molar refractivity (Wildman–Crippen MR) is 85.7 cm³/mol. The number of methoxy groups -OCH3 is 1. The van der Waals surface area contributed by atoms with E-state index in [4.69, 9.17) is 9.47 Å². The highest BCUT2D eigenvalue weighted by Crippen LogP contribution is 2.48. The molecule has 0 unspecified atom stereocenters. The van der Waals surface area contributed by atoms with Crippen LogP contribution in [0.1, 0.15) is 41.6 Å². The molecule has 126 valence electrons. The summed E-state index contributed by atoms with van der Waals surface area (Å²) in [4.78, 5) is 38.3. The van der Waals surface area contributed by atoms with Crippen molar-refractivity contribution in [1.82, 2.24) is 4.98 Å². The molecule has 1 fully saturated rings. The molecule has 0 amide bonds. The van der Waals surface area contributed by atoms with E-state index in [2.05, 4.69) is 4.98 Å². The van der Waals surface area contributed by atoms with Crippen LogP contribution in [0.5, 0.6) is 5.75 Å². The normalized spacial score (nSPS) is 13.8. The maximum atomic E-state index is 12.6. The van der Waals surface area contributed by atoms with Crippen LogP contribution in [0, 0.1) is 10.1 Å². The molecule has 2 aromatic rings. The number of carbonyl (C=O) groups excluding carboxylic acids is 1. The molecular formula is C16H16N2O6. The van der Waals surface area contributed by atoms with Crippen LogP contribution in [0.2, 0.25) is 0 Å². The van der Waals surface area contributed by atoms with Crippen LogP contribution in [-0.4, -0.2) is 29.6 Å². The minimum atomic E-state index is -0.731. The van der Waals surface area contributed by atoms with Crippen molar-refractivity contribution in [1.29, 1.82) is 0 Å². The van der Waals surface area contributed by atoms with Gasteiger partial charge in [-0.05, 0) is 31.7 Å². The quantitative estimate of drug-likeness (QED) is 0.511. The van der Waals surface area contributed by atoms with Gasteiger partial charge in [0.15, 0.2) is 0 Å². The first-order valence-corrected chi connectivity index (χ1v) is 7.57. The van der Waals surface area contributed by atoms with Crippen molar-refractivity contribution in [2.45, 2.75) is 25.7 Å². The van der Waals surface area contributed by atoms with Gasteiger partial charge in [-0.3, -0.25) is 14.9 Å². The highest BCUT2D eigenvalue weighted by atomic mass is 16.6. The van der Waals surface area contributed by atoms with Crippen LogP contribution < -0.4 is 10.2 Å². The number of nitrogens with one attached hydrogen (secondary N) is 1. The number of carbonyl (C=O) groups is 1. The van der Waals surface area contributed by atoms with Gasteiger partial charge in [0.05, 0.1) is 29.5 Å².